The Labute approximate surface area is 138 Å². The van der Waals surface area contributed by atoms with E-state index in [2.05, 4.69) is 16.0 Å². The summed E-state index contributed by atoms with van der Waals surface area (Å²) in [4.78, 5) is 23.4. The summed E-state index contributed by atoms with van der Waals surface area (Å²) in [6, 6.07) is 11.3. The number of benzene rings is 2. The first-order valence-electron chi connectivity index (χ1n) is 6.77. The molecule has 0 spiro atoms. The number of methoxy groups -OCH3 is 1. The van der Waals surface area contributed by atoms with E-state index in [0.717, 1.165) is 0 Å². The van der Waals surface area contributed by atoms with E-state index in [1.165, 1.54) is 14.0 Å². The predicted octanol–water partition coefficient (Wildman–Crippen LogP) is 3.95. The van der Waals surface area contributed by atoms with Gasteiger partial charge in [0.1, 0.15) is 5.75 Å². The van der Waals surface area contributed by atoms with Crippen LogP contribution in [0.15, 0.2) is 42.5 Å². The molecule has 0 aromatic heterocycles. The van der Waals surface area contributed by atoms with Crippen LogP contribution >= 0.6 is 11.6 Å². The number of halogens is 1. The third-order valence-electron chi connectivity index (χ3n) is 2.87. The lowest BCUT2D eigenvalue weighted by molar-refractivity contribution is -0.114. The molecule has 7 heteroatoms. The number of carbonyl (C=O) groups is 2. The molecule has 6 nitrogen and oxygen atoms in total. The van der Waals surface area contributed by atoms with Crippen LogP contribution < -0.4 is 20.7 Å². The van der Waals surface area contributed by atoms with Gasteiger partial charge in [0.25, 0.3) is 0 Å². The SMILES string of the molecule is COc1ccc(NC(C)=O)c(NC(=O)Nc2cccc(Cl)c2)c1. The molecule has 2 aromatic rings. The van der Waals surface area contributed by atoms with Crippen LogP contribution in [0.1, 0.15) is 6.92 Å². The second-order valence-electron chi connectivity index (χ2n) is 4.68. The number of carbonyl (C=O) groups excluding carboxylic acids is 2. The van der Waals surface area contributed by atoms with Crippen molar-refractivity contribution in [2.45, 2.75) is 6.92 Å². The lowest BCUT2D eigenvalue weighted by Gasteiger charge is -2.13. The van der Waals surface area contributed by atoms with Crippen molar-refractivity contribution < 1.29 is 14.3 Å². The Kier molecular flexibility index (Phi) is 5.43. The van der Waals surface area contributed by atoms with Crippen LogP contribution in [0.2, 0.25) is 5.02 Å². The normalized spacial score (nSPS) is 9.87. The van der Waals surface area contributed by atoms with Gasteiger partial charge in [-0.15, -0.1) is 0 Å². The highest BCUT2D eigenvalue weighted by Gasteiger charge is 2.10. The molecule has 0 bridgehead atoms. The Balaban J connectivity index is 2.16. The molecule has 3 amide bonds. The van der Waals surface area contributed by atoms with Gasteiger partial charge in [0.05, 0.1) is 18.5 Å². The number of anilines is 3. The molecule has 120 valence electrons. The van der Waals surface area contributed by atoms with Gasteiger partial charge in [-0.05, 0) is 30.3 Å². The quantitative estimate of drug-likeness (QED) is 0.792. The average Bonchev–Trinajstić information content (AvgIpc) is 2.48. The van der Waals surface area contributed by atoms with E-state index in [0.29, 0.717) is 27.8 Å². The van der Waals surface area contributed by atoms with E-state index in [9.17, 15) is 9.59 Å². The average molecular weight is 334 g/mol. The van der Waals surface area contributed by atoms with Gasteiger partial charge in [-0.1, -0.05) is 17.7 Å². The highest BCUT2D eigenvalue weighted by molar-refractivity contribution is 6.30. The van der Waals surface area contributed by atoms with E-state index < -0.39 is 6.03 Å². The van der Waals surface area contributed by atoms with Crippen molar-refractivity contribution >= 4 is 40.6 Å². The van der Waals surface area contributed by atoms with Gasteiger partial charge in [0.15, 0.2) is 0 Å². The smallest absolute Gasteiger partial charge is 0.323 e. The lowest BCUT2D eigenvalue weighted by atomic mass is 10.2. The summed E-state index contributed by atoms with van der Waals surface area (Å²) in [5.41, 5.74) is 1.44. The van der Waals surface area contributed by atoms with Crippen molar-refractivity contribution in [1.82, 2.24) is 0 Å². The van der Waals surface area contributed by atoms with Gasteiger partial charge in [-0.2, -0.15) is 0 Å². The van der Waals surface area contributed by atoms with Crippen molar-refractivity contribution in [2.75, 3.05) is 23.1 Å². The molecule has 0 fully saturated rings. The van der Waals surface area contributed by atoms with Gasteiger partial charge in [-0.25, -0.2) is 4.79 Å². The second-order valence-corrected chi connectivity index (χ2v) is 5.12. The number of hydrogen-bond acceptors (Lipinski definition) is 3. The van der Waals surface area contributed by atoms with Crippen molar-refractivity contribution in [3.8, 4) is 5.75 Å². The Morgan fingerprint density at radius 2 is 1.78 bits per heavy atom. The third-order valence-corrected chi connectivity index (χ3v) is 3.10. The first kappa shape index (κ1) is 16.6. The molecule has 0 aliphatic carbocycles. The Bertz CT molecular complexity index is 734. The summed E-state index contributed by atoms with van der Waals surface area (Å²) in [7, 11) is 1.52. The summed E-state index contributed by atoms with van der Waals surface area (Å²) in [6.07, 6.45) is 0. The van der Waals surface area contributed by atoms with Gasteiger partial charge in [0, 0.05) is 23.7 Å². The highest BCUT2D eigenvalue weighted by Crippen LogP contribution is 2.27. The Morgan fingerprint density at radius 1 is 1.00 bits per heavy atom. The van der Waals surface area contributed by atoms with Gasteiger partial charge < -0.3 is 20.7 Å². The number of rotatable bonds is 4. The van der Waals surface area contributed by atoms with Crippen LogP contribution in [-0.2, 0) is 4.79 Å². The van der Waals surface area contributed by atoms with Crippen molar-refractivity contribution in [3.63, 3.8) is 0 Å². The fourth-order valence-corrected chi connectivity index (χ4v) is 2.09. The molecule has 0 unspecified atom stereocenters. The molecule has 0 radical (unpaired) electrons. The van der Waals surface area contributed by atoms with Crippen LogP contribution in [0, 0.1) is 0 Å². The zero-order valence-corrected chi connectivity index (χ0v) is 13.4. The largest absolute Gasteiger partial charge is 0.497 e. The fourth-order valence-electron chi connectivity index (χ4n) is 1.90. The monoisotopic (exact) mass is 333 g/mol. The molecule has 23 heavy (non-hydrogen) atoms. The molecule has 2 aromatic carbocycles. The van der Waals surface area contributed by atoms with E-state index in [-0.39, 0.29) is 5.91 Å². The molecule has 0 saturated carbocycles. The summed E-state index contributed by atoms with van der Waals surface area (Å²) < 4.78 is 5.13. The third kappa shape index (κ3) is 4.89. The van der Waals surface area contributed by atoms with Gasteiger partial charge in [0.2, 0.25) is 5.91 Å². The van der Waals surface area contributed by atoms with E-state index in [1.807, 2.05) is 0 Å². The fraction of sp³-hybridized carbons (Fsp3) is 0.125. The summed E-state index contributed by atoms with van der Waals surface area (Å²) in [5.74, 6) is 0.311. The van der Waals surface area contributed by atoms with Crippen molar-refractivity contribution in [2.24, 2.45) is 0 Å². The standard InChI is InChI=1S/C16H16ClN3O3/c1-10(21)18-14-7-6-13(23-2)9-15(14)20-16(22)19-12-5-3-4-11(17)8-12/h3-9H,1-2H3,(H,18,21)(H2,19,20,22). The Morgan fingerprint density at radius 3 is 2.43 bits per heavy atom. The zero-order valence-electron chi connectivity index (χ0n) is 12.6. The molecular weight excluding hydrogens is 318 g/mol. The van der Waals surface area contributed by atoms with Crippen LogP contribution in [0.3, 0.4) is 0 Å². The van der Waals surface area contributed by atoms with Crippen molar-refractivity contribution in [3.05, 3.63) is 47.5 Å². The molecule has 0 atom stereocenters. The molecule has 0 saturated heterocycles. The molecule has 3 N–H and O–H groups in total. The van der Waals surface area contributed by atoms with Crippen LogP contribution in [-0.4, -0.2) is 19.0 Å². The minimum absolute atomic E-state index is 0.242. The maximum absolute atomic E-state index is 12.1. The number of nitrogens with one attached hydrogen (secondary N) is 3. The van der Waals surface area contributed by atoms with Crippen LogP contribution in [0.5, 0.6) is 5.75 Å². The van der Waals surface area contributed by atoms with Gasteiger partial charge >= 0.3 is 6.03 Å². The molecule has 0 aliphatic heterocycles. The van der Waals surface area contributed by atoms with Crippen molar-refractivity contribution in [1.29, 1.82) is 0 Å². The maximum Gasteiger partial charge on any atom is 0.323 e. The summed E-state index contributed by atoms with van der Waals surface area (Å²) in [5, 5.41) is 8.49. The van der Waals surface area contributed by atoms with E-state index in [1.54, 1.807) is 42.5 Å². The highest BCUT2D eigenvalue weighted by atomic mass is 35.5. The predicted molar refractivity (Wildman–Crippen MR) is 91.4 cm³/mol. The van der Waals surface area contributed by atoms with Crippen LogP contribution in [0.25, 0.3) is 0 Å². The molecular formula is C16H16ClN3O3. The van der Waals surface area contributed by atoms with E-state index >= 15 is 0 Å². The zero-order chi connectivity index (χ0) is 16.8. The number of ether oxygens (including phenoxy) is 1. The minimum Gasteiger partial charge on any atom is -0.497 e. The van der Waals surface area contributed by atoms with Gasteiger partial charge in [-0.3, -0.25) is 4.79 Å². The first-order chi connectivity index (χ1) is 11.0. The number of urea groups is 1. The lowest BCUT2D eigenvalue weighted by Crippen LogP contribution is -2.20. The maximum atomic E-state index is 12.1. The molecule has 2 rings (SSSR count). The first-order valence-corrected chi connectivity index (χ1v) is 7.15. The molecule has 0 aliphatic rings. The van der Waals surface area contributed by atoms with Crippen LogP contribution in [0.4, 0.5) is 21.9 Å². The summed E-state index contributed by atoms with van der Waals surface area (Å²) >= 11 is 5.87. The number of amides is 3. The minimum atomic E-state index is -0.466. The second kappa shape index (κ2) is 7.51. The Hall–Kier alpha value is -2.73. The summed E-state index contributed by atoms with van der Waals surface area (Å²) in [6.45, 7) is 1.39. The number of hydrogen-bond donors (Lipinski definition) is 3. The topological polar surface area (TPSA) is 79.5 Å². The van der Waals surface area contributed by atoms with E-state index in [4.69, 9.17) is 16.3 Å². The molecule has 0 heterocycles.